The number of hydrogen-bond acceptors (Lipinski definition) is 8. The Bertz CT molecular complexity index is 1140. The maximum absolute atomic E-state index is 13.4. The molecule has 1 atom stereocenters. The summed E-state index contributed by atoms with van der Waals surface area (Å²) in [5.74, 6) is -5.63. The summed E-state index contributed by atoms with van der Waals surface area (Å²) in [4.78, 5) is 65.6. The molecule has 2 aromatic carbocycles. The van der Waals surface area contributed by atoms with Crippen LogP contribution in [0.15, 0.2) is 60.7 Å². The van der Waals surface area contributed by atoms with Crippen molar-refractivity contribution in [1.29, 1.82) is 0 Å². The van der Waals surface area contributed by atoms with Gasteiger partial charge >= 0.3 is 18.0 Å². The van der Waals surface area contributed by atoms with Crippen LogP contribution in [-0.2, 0) is 46.6 Å². The number of imide groups is 1. The molecule has 0 spiro atoms. The average Bonchev–Trinajstić information content (AvgIpc) is 2.94. The zero-order valence-electron chi connectivity index (χ0n) is 25.3. The fourth-order valence-electron chi connectivity index (χ4n) is 3.99. The minimum absolute atomic E-state index is 0.0629. The van der Waals surface area contributed by atoms with Crippen molar-refractivity contribution >= 4 is 29.8 Å². The zero-order valence-corrected chi connectivity index (χ0v) is 25.3. The lowest BCUT2D eigenvalue weighted by molar-refractivity contribution is -0.169. The van der Waals surface area contributed by atoms with E-state index < -0.39 is 47.3 Å². The van der Waals surface area contributed by atoms with Crippen LogP contribution in [0.2, 0.25) is 0 Å². The molecule has 0 saturated heterocycles. The monoisotopic (exact) mass is 582 g/mol. The van der Waals surface area contributed by atoms with Gasteiger partial charge < -0.3 is 19.5 Å². The fraction of sp³-hybridized carbons (Fsp3) is 0.469. The summed E-state index contributed by atoms with van der Waals surface area (Å²) in [5.41, 5.74) is 0.669. The number of carbonyl (C=O) groups is 5. The minimum Gasteiger partial charge on any atom is -0.460 e. The molecule has 0 fully saturated rings. The molecule has 0 aliphatic carbocycles. The third kappa shape index (κ3) is 11.7. The van der Waals surface area contributed by atoms with E-state index in [0.717, 1.165) is 16.0 Å². The molecule has 0 saturated carbocycles. The highest BCUT2D eigenvalue weighted by Gasteiger charge is 2.42. The highest BCUT2D eigenvalue weighted by atomic mass is 16.6. The Balaban J connectivity index is 2.17. The summed E-state index contributed by atoms with van der Waals surface area (Å²) in [5, 5.41) is 2.64. The summed E-state index contributed by atoms with van der Waals surface area (Å²) < 4.78 is 16.2. The predicted molar refractivity (Wildman–Crippen MR) is 156 cm³/mol. The molecule has 10 nitrogen and oxygen atoms in total. The van der Waals surface area contributed by atoms with Crippen molar-refractivity contribution in [2.24, 2.45) is 17.8 Å². The van der Waals surface area contributed by atoms with E-state index in [2.05, 4.69) is 5.32 Å². The number of hydrogen-bond donors (Lipinski definition) is 1. The number of carbonyl (C=O) groups excluding carboxylic acids is 5. The minimum atomic E-state index is -1.53. The van der Waals surface area contributed by atoms with Crippen molar-refractivity contribution in [2.75, 3.05) is 13.6 Å². The van der Waals surface area contributed by atoms with Crippen LogP contribution in [0.4, 0.5) is 4.79 Å². The first kappa shape index (κ1) is 34.0. The molecule has 3 amide bonds. The summed E-state index contributed by atoms with van der Waals surface area (Å²) in [7, 11) is 1.29. The zero-order chi connectivity index (χ0) is 31.3. The molecule has 0 aliphatic heterocycles. The summed E-state index contributed by atoms with van der Waals surface area (Å²) >= 11 is 0. The van der Waals surface area contributed by atoms with E-state index in [1.807, 2.05) is 26.0 Å². The highest BCUT2D eigenvalue weighted by Crippen LogP contribution is 2.25. The second-order valence-corrected chi connectivity index (χ2v) is 11.4. The number of nitrogens with one attached hydrogen (secondary N) is 1. The molecule has 10 heteroatoms. The quantitative estimate of drug-likeness (QED) is 0.205. The van der Waals surface area contributed by atoms with Gasteiger partial charge in [-0.3, -0.25) is 24.1 Å². The van der Waals surface area contributed by atoms with Gasteiger partial charge in [-0.15, -0.1) is 0 Å². The second kappa shape index (κ2) is 16.3. The largest absolute Gasteiger partial charge is 0.460 e. The van der Waals surface area contributed by atoms with E-state index in [9.17, 15) is 24.0 Å². The van der Waals surface area contributed by atoms with Crippen LogP contribution in [0.1, 0.15) is 58.6 Å². The van der Waals surface area contributed by atoms with Gasteiger partial charge in [-0.25, -0.2) is 4.79 Å². The van der Waals surface area contributed by atoms with Gasteiger partial charge in [-0.05, 0) is 44.2 Å². The number of benzene rings is 2. The first-order chi connectivity index (χ1) is 19.8. The number of nitrogens with zero attached hydrogens (tertiary/aromatic N) is 1. The van der Waals surface area contributed by atoms with Crippen molar-refractivity contribution in [2.45, 2.75) is 66.3 Å². The molecule has 2 rings (SSSR count). The molecule has 42 heavy (non-hydrogen) atoms. The molecule has 1 N–H and O–H groups in total. The van der Waals surface area contributed by atoms with E-state index in [0.29, 0.717) is 0 Å². The summed E-state index contributed by atoms with van der Waals surface area (Å²) in [6.07, 6.45) is -0.820. The third-order valence-electron chi connectivity index (χ3n) is 6.10. The van der Waals surface area contributed by atoms with Crippen LogP contribution in [0, 0.1) is 17.8 Å². The van der Waals surface area contributed by atoms with Crippen LogP contribution in [0.25, 0.3) is 0 Å². The van der Waals surface area contributed by atoms with E-state index in [1.54, 1.807) is 69.3 Å². The molecule has 0 radical (unpaired) electrons. The molecule has 0 unspecified atom stereocenters. The maximum atomic E-state index is 13.4. The van der Waals surface area contributed by atoms with Crippen LogP contribution in [0.5, 0.6) is 0 Å². The van der Waals surface area contributed by atoms with Gasteiger partial charge in [0.1, 0.15) is 18.8 Å². The lowest BCUT2D eigenvalue weighted by Gasteiger charge is -2.26. The van der Waals surface area contributed by atoms with Crippen LogP contribution >= 0.6 is 0 Å². The van der Waals surface area contributed by atoms with Crippen LogP contribution < -0.4 is 5.32 Å². The Morgan fingerprint density at radius 3 is 1.71 bits per heavy atom. The van der Waals surface area contributed by atoms with E-state index in [-0.39, 0.29) is 38.5 Å². The topological polar surface area (TPSA) is 128 Å². The van der Waals surface area contributed by atoms with Crippen molar-refractivity contribution in [1.82, 2.24) is 10.2 Å². The lowest BCUT2D eigenvalue weighted by atomic mass is 9.84. The van der Waals surface area contributed by atoms with Crippen LogP contribution in [0.3, 0.4) is 0 Å². The van der Waals surface area contributed by atoms with Gasteiger partial charge in [0.15, 0.2) is 5.92 Å². The van der Waals surface area contributed by atoms with Crippen molar-refractivity contribution in [3.63, 3.8) is 0 Å². The molecule has 0 aromatic heterocycles. The lowest BCUT2D eigenvalue weighted by Crippen LogP contribution is -2.44. The highest BCUT2D eigenvalue weighted by molar-refractivity contribution is 6.00. The van der Waals surface area contributed by atoms with Crippen LogP contribution in [-0.4, -0.2) is 53.9 Å². The predicted octanol–water partition coefficient (Wildman–Crippen LogP) is 4.65. The molecule has 0 bridgehead atoms. The van der Waals surface area contributed by atoms with Crippen molar-refractivity contribution in [3.8, 4) is 0 Å². The molecule has 228 valence electrons. The number of rotatable bonds is 13. The van der Waals surface area contributed by atoms with Gasteiger partial charge in [0.2, 0.25) is 11.8 Å². The van der Waals surface area contributed by atoms with Gasteiger partial charge in [-0.1, -0.05) is 74.5 Å². The van der Waals surface area contributed by atoms with E-state index >= 15 is 0 Å². The average molecular weight is 583 g/mol. The Kier molecular flexibility index (Phi) is 13.2. The summed E-state index contributed by atoms with van der Waals surface area (Å²) in [6, 6.07) is 18.0. The van der Waals surface area contributed by atoms with E-state index in [4.69, 9.17) is 14.2 Å². The standard InChI is InChI=1S/C32H42N2O8/c1-22(2)19-25(28(36)33-18-17-26(35)34(6)31(39)42-32(3,4)5)27(29(37)40-20-23-13-9-7-10-14-23)30(38)41-21-24-15-11-8-12-16-24/h7-16,22,25,27H,17-21H2,1-6H3,(H,33,36)/t25-/m1/s1. The smallest absolute Gasteiger partial charge is 0.416 e. The van der Waals surface area contributed by atoms with E-state index in [1.165, 1.54) is 7.05 Å². The maximum Gasteiger partial charge on any atom is 0.416 e. The first-order valence-electron chi connectivity index (χ1n) is 14.0. The molecular formula is C32H42N2O8. The van der Waals surface area contributed by atoms with Crippen molar-refractivity contribution in [3.05, 3.63) is 71.8 Å². The van der Waals surface area contributed by atoms with Gasteiger partial charge in [0.05, 0.1) is 5.92 Å². The molecule has 2 aromatic rings. The second-order valence-electron chi connectivity index (χ2n) is 11.4. The Morgan fingerprint density at radius 1 is 0.810 bits per heavy atom. The SMILES string of the molecule is CC(C)C[C@@H](C(=O)NCCC(=O)N(C)C(=O)OC(C)(C)C)C(C(=O)OCc1ccccc1)C(=O)OCc1ccccc1. The number of esters is 2. The normalized spacial score (nSPS) is 11.9. The Hall–Kier alpha value is -4.21. The number of ether oxygens (including phenoxy) is 3. The molecular weight excluding hydrogens is 540 g/mol. The third-order valence-corrected chi connectivity index (χ3v) is 6.10. The summed E-state index contributed by atoms with van der Waals surface area (Å²) in [6.45, 7) is 8.50. The van der Waals surface area contributed by atoms with Gasteiger partial charge in [0, 0.05) is 20.0 Å². The Labute approximate surface area is 247 Å². The number of amides is 3. The molecule has 0 heterocycles. The first-order valence-corrected chi connectivity index (χ1v) is 14.0. The van der Waals surface area contributed by atoms with Gasteiger partial charge in [-0.2, -0.15) is 0 Å². The Morgan fingerprint density at radius 2 is 1.29 bits per heavy atom. The molecule has 0 aliphatic rings. The fourth-order valence-corrected chi connectivity index (χ4v) is 3.99. The van der Waals surface area contributed by atoms with Crippen molar-refractivity contribution < 1.29 is 38.2 Å². The van der Waals surface area contributed by atoms with Gasteiger partial charge in [0.25, 0.3) is 0 Å².